The van der Waals surface area contributed by atoms with Crippen molar-refractivity contribution in [2.75, 3.05) is 0 Å². The zero-order valence-corrected chi connectivity index (χ0v) is 17.5. The first-order valence-corrected chi connectivity index (χ1v) is 10.7. The Morgan fingerprint density at radius 2 is 2.10 bits per heavy atom. The van der Waals surface area contributed by atoms with E-state index in [0.717, 1.165) is 28.3 Å². The zero-order valence-electron chi connectivity index (χ0n) is 15.9. The zero-order chi connectivity index (χ0) is 20.0. The first-order valence-electron chi connectivity index (χ1n) is 9.92. The van der Waals surface area contributed by atoms with Gasteiger partial charge in [-0.05, 0) is 70.8 Å². The average molecular weight is 453 g/mol. The molecule has 0 atom stereocenters. The normalized spacial score (nSPS) is 17.7. The topological polar surface area (TPSA) is 76.9 Å². The molecule has 3 heterocycles. The maximum Gasteiger partial charge on any atom is 0.265 e. The number of rotatable bonds is 4. The minimum atomic E-state index is -0.327. The van der Waals surface area contributed by atoms with Crippen LogP contribution in [0.2, 0.25) is 0 Å². The highest BCUT2D eigenvalue weighted by molar-refractivity contribution is 9.10. The second-order valence-corrected chi connectivity index (χ2v) is 9.22. The number of halogens is 1. The van der Waals surface area contributed by atoms with Gasteiger partial charge in [0, 0.05) is 34.5 Å². The third-order valence-corrected chi connectivity index (χ3v) is 6.74. The molecular formula is C22H21BrN4O2. The van der Waals surface area contributed by atoms with Crippen molar-refractivity contribution >= 4 is 32.9 Å². The lowest BCUT2D eigenvalue weighted by Gasteiger charge is -2.54. The van der Waals surface area contributed by atoms with Gasteiger partial charge in [-0.1, -0.05) is 12.5 Å². The molecule has 0 radical (unpaired) electrons. The van der Waals surface area contributed by atoms with Crippen LogP contribution < -0.4 is 10.9 Å². The van der Waals surface area contributed by atoms with Crippen molar-refractivity contribution in [3.05, 3.63) is 68.8 Å². The van der Waals surface area contributed by atoms with Gasteiger partial charge in [0.05, 0.1) is 6.54 Å². The van der Waals surface area contributed by atoms with Gasteiger partial charge in [-0.15, -0.1) is 0 Å². The van der Waals surface area contributed by atoms with Crippen molar-refractivity contribution in [2.24, 2.45) is 5.41 Å². The fraction of sp³-hybridized carbons (Fsp3) is 0.364. The van der Waals surface area contributed by atoms with Crippen LogP contribution in [0.15, 0.2) is 52.1 Å². The molecule has 0 aliphatic heterocycles. The minimum Gasteiger partial charge on any atom is -0.349 e. The first kappa shape index (κ1) is 18.5. The molecule has 0 aromatic carbocycles. The van der Waals surface area contributed by atoms with Gasteiger partial charge in [0.25, 0.3) is 11.5 Å². The van der Waals surface area contributed by atoms with E-state index in [4.69, 9.17) is 0 Å². The number of nitrogens with one attached hydrogen (secondary N) is 1. The fourth-order valence-corrected chi connectivity index (χ4v) is 5.01. The van der Waals surface area contributed by atoms with Crippen LogP contribution in [0.4, 0.5) is 0 Å². The summed E-state index contributed by atoms with van der Waals surface area (Å²) in [4.78, 5) is 34.7. The summed E-state index contributed by atoms with van der Waals surface area (Å²) in [7, 11) is 0. The van der Waals surface area contributed by atoms with Crippen LogP contribution in [-0.2, 0) is 6.54 Å². The van der Waals surface area contributed by atoms with Crippen LogP contribution >= 0.6 is 15.9 Å². The van der Waals surface area contributed by atoms with Crippen molar-refractivity contribution in [1.29, 1.82) is 0 Å². The lowest BCUT2D eigenvalue weighted by molar-refractivity contribution is -0.000650. The lowest BCUT2D eigenvalue weighted by atomic mass is 9.54. The molecule has 0 bridgehead atoms. The third kappa shape index (κ3) is 3.37. The fourth-order valence-electron chi connectivity index (χ4n) is 4.66. The number of fused-ring (bicyclic) bond motifs is 1. The van der Waals surface area contributed by atoms with E-state index in [1.807, 2.05) is 18.2 Å². The van der Waals surface area contributed by atoms with Gasteiger partial charge in [-0.3, -0.25) is 19.1 Å². The van der Waals surface area contributed by atoms with Crippen molar-refractivity contribution in [2.45, 2.75) is 44.7 Å². The number of aromatic nitrogens is 3. The number of pyridine rings is 3. The molecule has 3 aromatic rings. The average Bonchev–Trinajstić information content (AvgIpc) is 2.65. The highest BCUT2D eigenvalue weighted by Gasteiger charge is 2.48. The molecule has 0 saturated heterocycles. The van der Waals surface area contributed by atoms with Gasteiger partial charge in [-0.25, -0.2) is 4.98 Å². The summed E-state index contributed by atoms with van der Waals surface area (Å²) in [6, 6.07) is 7.44. The van der Waals surface area contributed by atoms with Crippen LogP contribution in [0, 0.1) is 5.41 Å². The van der Waals surface area contributed by atoms with Crippen molar-refractivity contribution in [1.82, 2.24) is 19.9 Å². The van der Waals surface area contributed by atoms with Gasteiger partial charge >= 0.3 is 0 Å². The molecule has 2 saturated carbocycles. The van der Waals surface area contributed by atoms with Crippen molar-refractivity contribution in [3.63, 3.8) is 0 Å². The third-order valence-electron chi connectivity index (χ3n) is 6.31. The molecule has 2 fully saturated rings. The molecule has 0 unspecified atom stereocenters. The molecule has 2 aliphatic carbocycles. The molecule has 1 amide bonds. The standard InChI is InChI=1S/C22H21BrN4O2/c23-16-7-15-8-18(20(28)26-17-9-22(10-17)4-2-5-22)21(29)27(19(15)25-12-16)13-14-3-1-6-24-11-14/h1,3,6-8,11-12,17H,2,4-5,9-10,13H2,(H,26,28). The van der Waals surface area contributed by atoms with E-state index < -0.39 is 0 Å². The molecule has 6 nitrogen and oxygen atoms in total. The van der Waals surface area contributed by atoms with E-state index in [2.05, 4.69) is 31.2 Å². The second-order valence-electron chi connectivity index (χ2n) is 8.31. The van der Waals surface area contributed by atoms with Gasteiger partial charge in [0.15, 0.2) is 0 Å². The number of hydrogen-bond acceptors (Lipinski definition) is 4. The van der Waals surface area contributed by atoms with Crippen LogP contribution in [-0.4, -0.2) is 26.5 Å². The Morgan fingerprint density at radius 3 is 2.79 bits per heavy atom. The predicted molar refractivity (Wildman–Crippen MR) is 114 cm³/mol. The Balaban J connectivity index is 1.50. The molecule has 3 aromatic heterocycles. The Kier molecular flexibility index (Phi) is 4.50. The highest BCUT2D eigenvalue weighted by Crippen LogP contribution is 2.55. The quantitative estimate of drug-likeness (QED) is 0.654. The van der Waals surface area contributed by atoms with E-state index in [-0.39, 0.29) is 23.1 Å². The van der Waals surface area contributed by atoms with E-state index in [9.17, 15) is 9.59 Å². The van der Waals surface area contributed by atoms with Crippen LogP contribution in [0.5, 0.6) is 0 Å². The molecule has 7 heteroatoms. The van der Waals surface area contributed by atoms with Gasteiger partial charge < -0.3 is 5.32 Å². The molecule has 148 valence electrons. The van der Waals surface area contributed by atoms with Gasteiger partial charge in [-0.2, -0.15) is 0 Å². The van der Waals surface area contributed by atoms with E-state index in [0.29, 0.717) is 17.6 Å². The number of hydrogen-bond donors (Lipinski definition) is 1. The van der Waals surface area contributed by atoms with Crippen molar-refractivity contribution < 1.29 is 4.79 Å². The largest absolute Gasteiger partial charge is 0.349 e. The molecule has 5 rings (SSSR count). The maximum atomic E-state index is 13.2. The number of carbonyl (C=O) groups excluding carboxylic acids is 1. The Bertz CT molecular complexity index is 1150. The molecule has 2 aliphatic rings. The van der Waals surface area contributed by atoms with Gasteiger partial charge in [0.1, 0.15) is 11.2 Å². The SMILES string of the molecule is O=C(NC1CC2(CCC2)C1)c1cc2cc(Br)cnc2n(Cc2cccnc2)c1=O. The summed E-state index contributed by atoms with van der Waals surface area (Å²) in [5, 5.41) is 3.82. The smallest absolute Gasteiger partial charge is 0.265 e. The summed E-state index contributed by atoms with van der Waals surface area (Å²) in [6.45, 7) is 0.311. The minimum absolute atomic E-state index is 0.163. The molecular weight excluding hydrogens is 432 g/mol. The summed E-state index contributed by atoms with van der Waals surface area (Å²) in [6.07, 6.45) is 11.0. The van der Waals surface area contributed by atoms with Crippen molar-refractivity contribution in [3.8, 4) is 0 Å². The Labute approximate surface area is 176 Å². The number of nitrogens with zero attached hydrogens (tertiary/aromatic N) is 3. The summed E-state index contributed by atoms with van der Waals surface area (Å²) >= 11 is 3.43. The van der Waals surface area contributed by atoms with E-state index in [1.54, 1.807) is 29.2 Å². The second kappa shape index (κ2) is 7.06. The number of carbonyl (C=O) groups is 1. The van der Waals surface area contributed by atoms with E-state index in [1.165, 1.54) is 19.3 Å². The summed E-state index contributed by atoms with van der Waals surface area (Å²) in [5.74, 6) is -0.295. The molecule has 29 heavy (non-hydrogen) atoms. The summed E-state index contributed by atoms with van der Waals surface area (Å²) < 4.78 is 2.36. The van der Waals surface area contributed by atoms with Crippen LogP contribution in [0.3, 0.4) is 0 Å². The Morgan fingerprint density at radius 1 is 1.28 bits per heavy atom. The number of amides is 1. The summed E-state index contributed by atoms with van der Waals surface area (Å²) in [5.41, 5.74) is 1.73. The van der Waals surface area contributed by atoms with Crippen LogP contribution in [0.25, 0.3) is 11.0 Å². The first-order chi connectivity index (χ1) is 14.0. The molecule has 1 spiro atoms. The predicted octanol–water partition coefficient (Wildman–Crippen LogP) is 3.66. The lowest BCUT2D eigenvalue weighted by Crippen LogP contribution is -2.54. The maximum absolute atomic E-state index is 13.2. The van der Waals surface area contributed by atoms with Crippen LogP contribution in [0.1, 0.15) is 48.0 Å². The van der Waals surface area contributed by atoms with E-state index >= 15 is 0 Å². The Hall–Kier alpha value is -2.54. The van der Waals surface area contributed by atoms with Gasteiger partial charge in [0.2, 0.25) is 0 Å². The molecule has 1 N–H and O–H groups in total. The highest BCUT2D eigenvalue weighted by atomic mass is 79.9. The monoisotopic (exact) mass is 452 g/mol.